The molecule has 0 aliphatic carbocycles. The molecule has 0 saturated carbocycles. The molecule has 4 heteroatoms. The summed E-state index contributed by atoms with van der Waals surface area (Å²) < 4.78 is 0. The molecular weight excluding hydrogens is 220 g/mol. The number of nitrogens with zero attached hydrogens (tertiary/aromatic N) is 1. The van der Waals surface area contributed by atoms with Crippen molar-refractivity contribution < 1.29 is 5.11 Å². The van der Waals surface area contributed by atoms with E-state index in [-0.39, 0.29) is 6.10 Å². The third kappa shape index (κ3) is 6.09. The van der Waals surface area contributed by atoms with Crippen LogP contribution in [0.5, 0.6) is 0 Å². The van der Waals surface area contributed by atoms with E-state index in [0.717, 1.165) is 44.4 Å². The highest BCUT2D eigenvalue weighted by Gasteiger charge is 2.14. The second kappa shape index (κ2) is 8.34. The Balaban J connectivity index is 2.03. The Kier molecular flexibility index (Phi) is 7.45. The number of rotatable bonds is 7. The number of hydrogen-bond acceptors (Lipinski definition) is 4. The third-order valence-corrected chi connectivity index (χ3v) is 4.51. The maximum absolute atomic E-state index is 9.90. The molecule has 1 rings (SSSR count). The Labute approximate surface area is 104 Å². The molecule has 1 fully saturated rings. The lowest BCUT2D eigenvalue weighted by atomic mass is 10.2. The second-order valence-corrected chi connectivity index (χ2v) is 5.83. The van der Waals surface area contributed by atoms with Crippen LogP contribution in [0.25, 0.3) is 0 Å². The van der Waals surface area contributed by atoms with Crippen LogP contribution in [0.1, 0.15) is 20.3 Å². The summed E-state index contributed by atoms with van der Waals surface area (Å²) in [6.07, 6.45) is 1.08. The summed E-state index contributed by atoms with van der Waals surface area (Å²) in [7, 11) is 0. The Morgan fingerprint density at radius 1 is 1.31 bits per heavy atom. The molecule has 0 radical (unpaired) electrons. The van der Waals surface area contributed by atoms with E-state index < -0.39 is 0 Å². The lowest BCUT2D eigenvalue weighted by molar-refractivity contribution is 0.121. The molecular formula is C12H26N2OS. The molecule has 96 valence electrons. The van der Waals surface area contributed by atoms with Crippen molar-refractivity contribution in [1.82, 2.24) is 10.2 Å². The van der Waals surface area contributed by atoms with E-state index in [1.165, 1.54) is 12.2 Å². The van der Waals surface area contributed by atoms with Gasteiger partial charge in [0.15, 0.2) is 0 Å². The second-order valence-electron chi connectivity index (χ2n) is 4.76. The summed E-state index contributed by atoms with van der Waals surface area (Å²) >= 11 is 1.89. The van der Waals surface area contributed by atoms with E-state index in [2.05, 4.69) is 24.1 Å². The maximum Gasteiger partial charge on any atom is 0.0757 e. The Morgan fingerprint density at radius 2 is 2.00 bits per heavy atom. The molecule has 1 saturated heterocycles. The zero-order valence-corrected chi connectivity index (χ0v) is 11.4. The summed E-state index contributed by atoms with van der Waals surface area (Å²) in [6.45, 7) is 9.62. The minimum absolute atomic E-state index is 0.160. The molecule has 0 aromatic carbocycles. The molecule has 0 amide bonds. The van der Waals surface area contributed by atoms with Crippen molar-refractivity contribution in [2.24, 2.45) is 5.92 Å². The SMILES string of the molecule is CCC(C)CSCC(O)CN1CCNCC1. The quantitative estimate of drug-likeness (QED) is 0.703. The van der Waals surface area contributed by atoms with Crippen molar-refractivity contribution >= 4 is 11.8 Å². The van der Waals surface area contributed by atoms with Gasteiger partial charge in [0.25, 0.3) is 0 Å². The van der Waals surface area contributed by atoms with E-state index in [0.29, 0.717) is 0 Å². The van der Waals surface area contributed by atoms with Gasteiger partial charge >= 0.3 is 0 Å². The Bertz CT molecular complexity index is 174. The van der Waals surface area contributed by atoms with Crippen LogP contribution in [0.3, 0.4) is 0 Å². The molecule has 0 bridgehead atoms. The average molecular weight is 246 g/mol. The zero-order chi connectivity index (χ0) is 11.8. The molecule has 2 unspecified atom stereocenters. The number of aliphatic hydroxyl groups excluding tert-OH is 1. The minimum Gasteiger partial charge on any atom is -0.391 e. The monoisotopic (exact) mass is 246 g/mol. The fraction of sp³-hybridized carbons (Fsp3) is 1.00. The van der Waals surface area contributed by atoms with E-state index >= 15 is 0 Å². The number of thioether (sulfide) groups is 1. The summed E-state index contributed by atoms with van der Waals surface area (Å²) in [5.41, 5.74) is 0. The van der Waals surface area contributed by atoms with E-state index in [9.17, 15) is 5.11 Å². The molecule has 2 atom stereocenters. The number of piperazine rings is 1. The van der Waals surface area contributed by atoms with Gasteiger partial charge < -0.3 is 10.4 Å². The number of nitrogens with one attached hydrogen (secondary N) is 1. The maximum atomic E-state index is 9.90. The molecule has 1 heterocycles. The van der Waals surface area contributed by atoms with Crippen molar-refractivity contribution in [3.8, 4) is 0 Å². The standard InChI is InChI=1S/C12H26N2OS/c1-3-11(2)9-16-10-12(15)8-14-6-4-13-5-7-14/h11-13,15H,3-10H2,1-2H3. The van der Waals surface area contributed by atoms with Crippen molar-refractivity contribution in [3.63, 3.8) is 0 Å². The van der Waals surface area contributed by atoms with Crippen LogP contribution < -0.4 is 5.32 Å². The molecule has 0 aromatic heterocycles. The third-order valence-electron chi connectivity index (χ3n) is 3.09. The topological polar surface area (TPSA) is 35.5 Å². The Morgan fingerprint density at radius 3 is 2.62 bits per heavy atom. The fourth-order valence-electron chi connectivity index (χ4n) is 1.77. The van der Waals surface area contributed by atoms with Crippen LogP contribution >= 0.6 is 11.8 Å². The van der Waals surface area contributed by atoms with Crippen LogP contribution in [0.4, 0.5) is 0 Å². The Hall–Kier alpha value is 0.230. The molecule has 1 aliphatic heterocycles. The fourth-order valence-corrected chi connectivity index (χ4v) is 2.92. The van der Waals surface area contributed by atoms with Crippen LogP contribution in [-0.2, 0) is 0 Å². The largest absolute Gasteiger partial charge is 0.391 e. The molecule has 16 heavy (non-hydrogen) atoms. The summed E-state index contributed by atoms with van der Waals surface area (Å²) in [6, 6.07) is 0. The van der Waals surface area contributed by atoms with Crippen LogP contribution in [0.15, 0.2) is 0 Å². The van der Waals surface area contributed by atoms with Gasteiger partial charge in [0, 0.05) is 38.5 Å². The highest BCUT2D eigenvalue weighted by molar-refractivity contribution is 7.99. The molecule has 0 spiro atoms. The molecule has 1 aliphatic rings. The van der Waals surface area contributed by atoms with Gasteiger partial charge in [-0.1, -0.05) is 20.3 Å². The first-order chi connectivity index (χ1) is 7.72. The average Bonchev–Trinajstić information content (AvgIpc) is 2.30. The first kappa shape index (κ1) is 14.3. The van der Waals surface area contributed by atoms with Gasteiger partial charge in [0.05, 0.1) is 6.10 Å². The first-order valence-corrected chi connectivity index (χ1v) is 7.56. The molecule has 0 aromatic rings. The van der Waals surface area contributed by atoms with Gasteiger partial charge in [-0.15, -0.1) is 0 Å². The minimum atomic E-state index is -0.160. The van der Waals surface area contributed by atoms with Gasteiger partial charge in [-0.2, -0.15) is 11.8 Å². The van der Waals surface area contributed by atoms with Gasteiger partial charge in [0.1, 0.15) is 0 Å². The smallest absolute Gasteiger partial charge is 0.0757 e. The summed E-state index contributed by atoms with van der Waals surface area (Å²) in [5, 5.41) is 13.2. The summed E-state index contributed by atoms with van der Waals surface area (Å²) in [5.74, 6) is 2.83. The molecule has 2 N–H and O–H groups in total. The van der Waals surface area contributed by atoms with Crippen LogP contribution in [0.2, 0.25) is 0 Å². The summed E-state index contributed by atoms with van der Waals surface area (Å²) in [4.78, 5) is 2.35. The van der Waals surface area contributed by atoms with E-state index in [4.69, 9.17) is 0 Å². The first-order valence-electron chi connectivity index (χ1n) is 6.41. The number of β-amino-alcohol motifs (C(OH)–C–C–N with tert-alkyl or cyclic N) is 1. The van der Waals surface area contributed by atoms with E-state index in [1.807, 2.05) is 11.8 Å². The predicted octanol–water partition coefficient (Wildman–Crippen LogP) is 1.03. The van der Waals surface area contributed by atoms with Gasteiger partial charge in [-0.05, 0) is 11.7 Å². The molecule has 3 nitrogen and oxygen atoms in total. The van der Waals surface area contributed by atoms with Crippen molar-refractivity contribution in [2.45, 2.75) is 26.4 Å². The van der Waals surface area contributed by atoms with Crippen molar-refractivity contribution in [2.75, 3.05) is 44.2 Å². The zero-order valence-electron chi connectivity index (χ0n) is 10.6. The van der Waals surface area contributed by atoms with Crippen LogP contribution in [0, 0.1) is 5.92 Å². The lowest BCUT2D eigenvalue weighted by Crippen LogP contribution is -2.46. The normalized spacial score (nSPS) is 21.9. The predicted molar refractivity (Wildman–Crippen MR) is 72.1 cm³/mol. The number of hydrogen-bond donors (Lipinski definition) is 2. The lowest BCUT2D eigenvalue weighted by Gasteiger charge is -2.29. The van der Waals surface area contributed by atoms with Gasteiger partial charge in [-0.3, -0.25) is 4.90 Å². The highest BCUT2D eigenvalue weighted by Crippen LogP contribution is 2.12. The highest BCUT2D eigenvalue weighted by atomic mass is 32.2. The van der Waals surface area contributed by atoms with Crippen LogP contribution in [-0.4, -0.2) is 60.3 Å². The number of aliphatic hydroxyl groups is 1. The van der Waals surface area contributed by atoms with Crippen molar-refractivity contribution in [3.05, 3.63) is 0 Å². The van der Waals surface area contributed by atoms with Crippen molar-refractivity contribution in [1.29, 1.82) is 0 Å². The van der Waals surface area contributed by atoms with Gasteiger partial charge in [0.2, 0.25) is 0 Å². The van der Waals surface area contributed by atoms with Gasteiger partial charge in [-0.25, -0.2) is 0 Å². The van der Waals surface area contributed by atoms with E-state index in [1.54, 1.807) is 0 Å².